The molecule has 1 aliphatic heterocycles. The van der Waals surface area contributed by atoms with Crippen LogP contribution in [0.4, 0.5) is 4.39 Å². The molecule has 4 heteroatoms. The van der Waals surface area contributed by atoms with Gasteiger partial charge >= 0.3 is 0 Å². The first kappa shape index (κ1) is 15.5. The number of rotatable bonds is 5. The predicted molar refractivity (Wildman–Crippen MR) is 82.8 cm³/mol. The molecule has 2 fully saturated rings. The number of hydrogen-bond acceptors (Lipinski definition) is 2. The molecular formula is C18H24FNO2. The zero-order chi connectivity index (χ0) is 15.6. The fourth-order valence-electron chi connectivity index (χ4n) is 3.43. The number of nitrogens with zero attached hydrogens (tertiary/aromatic N) is 1. The molecule has 1 unspecified atom stereocenters. The third-order valence-electron chi connectivity index (χ3n) is 5.07. The minimum Gasteiger partial charge on any atom is -0.390 e. The van der Waals surface area contributed by atoms with Crippen molar-refractivity contribution in [2.75, 3.05) is 13.1 Å². The minimum absolute atomic E-state index is 0.191. The molecule has 0 radical (unpaired) electrons. The number of amides is 1. The summed E-state index contributed by atoms with van der Waals surface area (Å²) < 4.78 is 12.8. The van der Waals surface area contributed by atoms with E-state index in [9.17, 15) is 14.3 Å². The number of aliphatic hydroxyl groups is 1. The van der Waals surface area contributed by atoms with Crippen molar-refractivity contribution in [2.45, 2.75) is 50.5 Å². The van der Waals surface area contributed by atoms with E-state index in [2.05, 4.69) is 0 Å². The summed E-state index contributed by atoms with van der Waals surface area (Å²) >= 11 is 0. The molecule has 1 saturated carbocycles. The molecule has 3 nitrogen and oxygen atoms in total. The second kappa shape index (κ2) is 6.37. The highest BCUT2D eigenvalue weighted by atomic mass is 19.1. The summed E-state index contributed by atoms with van der Waals surface area (Å²) in [5.74, 6) is 0.232. The number of piperidine rings is 1. The molecule has 1 atom stereocenters. The van der Waals surface area contributed by atoms with Gasteiger partial charge in [-0.3, -0.25) is 4.79 Å². The number of carbonyl (C=O) groups is 1. The molecule has 0 spiro atoms. The Labute approximate surface area is 131 Å². The summed E-state index contributed by atoms with van der Waals surface area (Å²) in [5.41, 5.74) is 0.588. The highest BCUT2D eigenvalue weighted by Crippen LogP contribution is 2.45. The lowest BCUT2D eigenvalue weighted by Gasteiger charge is -2.35. The maximum Gasteiger partial charge on any atom is 0.222 e. The lowest BCUT2D eigenvalue weighted by molar-refractivity contribution is -0.134. The van der Waals surface area contributed by atoms with Crippen molar-refractivity contribution >= 4 is 5.91 Å². The van der Waals surface area contributed by atoms with Crippen LogP contribution in [0.3, 0.4) is 0 Å². The molecule has 1 aromatic rings. The summed E-state index contributed by atoms with van der Waals surface area (Å²) in [6.07, 6.45) is 5.94. The number of aryl methyl sites for hydroxylation is 1. The van der Waals surface area contributed by atoms with Gasteiger partial charge < -0.3 is 10.0 Å². The molecule has 2 aliphatic rings. The topological polar surface area (TPSA) is 40.5 Å². The van der Waals surface area contributed by atoms with Gasteiger partial charge in [0.15, 0.2) is 0 Å². The Hall–Kier alpha value is -1.42. The average Bonchev–Trinajstić information content (AvgIpc) is 3.28. The SMILES string of the molecule is O=C(CCCc1ccc(F)cc1)N1CCCC(C2(O)CC2)C1. The Morgan fingerprint density at radius 3 is 2.73 bits per heavy atom. The summed E-state index contributed by atoms with van der Waals surface area (Å²) in [6, 6.07) is 6.48. The van der Waals surface area contributed by atoms with Crippen molar-refractivity contribution in [1.82, 2.24) is 4.90 Å². The number of benzene rings is 1. The Morgan fingerprint density at radius 2 is 2.05 bits per heavy atom. The molecule has 1 saturated heterocycles. The fraction of sp³-hybridized carbons (Fsp3) is 0.611. The van der Waals surface area contributed by atoms with Gasteiger partial charge in [0.05, 0.1) is 5.60 Å². The molecule has 1 heterocycles. The second-order valence-corrected chi connectivity index (χ2v) is 6.76. The molecule has 0 aromatic heterocycles. The number of likely N-dealkylation sites (tertiary alicyclic amines) is 1. The molecule has 1 aliphatic carbocycles. The smallest absolute Gasteiger partial charge is 0.222 e. The first-order valence-corrected chi connectivity index (χ1v) is 8.31. The summed E-state index contributed by atoms with van der Waals surface area (Å²) in [7, 11) is 0. The highest BCUT2D eigenvalue weighted by Gasteiger charge is 2.48. The summed E-state index contributed by atoms with van der Waals surface area (Å²) in [5, 5.41) is 10.2. The standard InChI is InChI=1S/C18H24FNO2/c19-16-8-6-14(7-9-16)3-1-5-17(21)20-12-2-4-15(13-20)18(22)10-11-18/h6-9,15,22H,1-5,10-13H2. The minimum atomic E-state index is -0.479. The lowest BCUT2D eigenvalue weighted by Crippen LogP contribution is -2.44. The van der Waals surface area contributed by atoms with Crippen molar-refractivity contribution in [3.05, 3.63) is 35.6 Å². The van der Waals surface area contributed by atoms with E-state index in [0.29, 0.717) is 13.0 Å². The van der Waals surface area contributed by atoms with Crippen molar-refractivity contribution < 1.29 is 14.3 Å². The van der Waals surface area contributed by atoms with E-state index in [0.717, 1.165) is 50.6 Å². The van der Waals surface area contributed by atoms with Crippen LogP contribution in [0.2, 0.25) is 0 Å². The summed E-state index contributed by atoms with van der Waals surface area (Å²) in [4.78, 5) is 14.2. The largest absolute Gasteiger partial charge is 0.390 e. The van der Waals surface area contributed by atoms with Crippen LogP contribution in [0.15, 0.2) is 24.3 Å². The number of hydrogen-bond donors (Lipinski definition) is 1. The van der Waals surface area contributed by atoms with Crippen LogP contribution >= 0.6 is 0 Å². The molecule has 0 bridgehead atoms. The maximum atomic E-state index is 12.8. The quantitative estimate of drug-likeness (QED) is 0.908. The monoisotopic (exact) mass is 305 g/mol. The van der Waals surface area contributed by atoms with E-state index in [1.54, 1.807) is 12.1 Å². The van der Waals surface area contributed by atoms with Crippen molar-refractivity contribution in [3.8, 4) is 0 Å². The van der Waals surface area contributed by atoms with Gasteiger partial charge in [0.1, 0.15) is 5.82 Å². The molecule has 22 heavy (non-hydrogen) atoms. The van der Waals surface area contributed by atoms with Gasteiger partial charge in [0.2, 0.25) is 5.91 Å². The van der Waals surface area contributed by atoms with Crippen LogP contribution in [0.1, 0.15) is 44.1 Å². The maximum absolute atomic E-state index is 12.8. The van der Waals surface area contributed by atoms with Gasteiger partial charge in [-0.15, -0.1) is 0 Å². The average molecular weight is 305 g/mol. The first-order chi connectivity index (χ1) is 10.6. The number of carbonyl (C=O) groups excluding carboxylic acids is 1. The second-order valence-electron chi connectivity index (χ2n) is 6.76. The van der Waals surface area contributed by atoms with Crippen molar-refractivity contribution in [1.29, 1.82) is 0 Å². The lowest BCUT2D eigenvalue weighted by atomic mass is 9.90. The van der Waals surface area contributed by atoms with Gasteiger partial charge in [0, 0.05) is 25.4 Å². The molecule has 1 aromatic carbocycles. The Balaban J connectivity index is 1.44. The van der Waals surface area contributed by atoms with Gasteiger partial charge in [-0.05, 0) is 56.2 Å². The molecular weight excluding hydrogens is 281 g/mol. The van der Waals surface area contributed by atoms with Crippen LogP contribution in [0, 0.1) is 11.7 Å². The van der Waals surface area contributed by atoms with Crippen LogP contribution in [0.25, 0.3) is 0 Å². The fourth-order valence-corrected chi connectivity index (χ4v) is 3.43. The van der Waals surface area contributed by atoms with E-state index in [4.69, 9.17) is 0 Å². The zero-order valence-corrected chi connectivity index (χ0v) is 12.9. The van der Waals surface area contributed by atoms with Crippen molar-refractivity contribution in [2.24, 2.45) is 5.92 Å². The molecule has 1 N–H and O–H groups in total. The van der Waals surface area contributed by atoms with Gasteiger partial charge in [-0.1, -0.05) is 12.1 Å². The molecule has 120 valence electrons. The predicted octanol–water partition coefficient (Wildman–Crippen LogP) is 2.91. The third kappa shape index (κ3) is 3.67. The Bertz CT molecular complexity index is 524. The first-order valence-electron chi connectivity index (χ1n) is 8.31. The van der Waals surface area contributed by atoms with E-state index in [1.807, 2.05) is 4.90 Å². The van der Waals surface area contributed by atoms with Crippen LogP contribution in [-0.4, -0.2) is 34.6 Å². The Kier molecular flexibility index (Phi) is 4.48. The van der Waals surface area contributed by atoms with Crippen LogP contribution in [-0.2, 0) is 11.2 Å². The van der Waals surface area contributed by atoms with E-state index in [1.165, 1.54) is 12.1 Å². The summed E-state index contributed by atoms with van der Waals surface area (Å²) in [6.45, 7) is 1.54. The molecule has 1 amide bonds. The van der Waals surface area contributed by atoms with Gasteiger partial charge in [-0.25, -0.2) is 4.39 Å². The van der Waals surface area contributed by atoms with E-state index in [-0.39, 0.29) is 17.6 Å². The van der Waals surface area contributed by atoms with E-state index < -0.39 is 5.60 Å². The van der Waals surface area contributed by atoms with Gasteiger partial charge in [-0.2, -0.15) is 0 Å². The third-order valence-corrected chi connectivity index (χ3v) is 5.07. The number of halogens is 1. The molecule has 3 rings (SSSR count). The van der Waals surface area contributed by atoms with Gasteiger partial charge in [0.25, 0.3) is 0 Å². The van der Waals surface area contributed by atoms with Crippen LogP contribution in [0.5, 0.6) is 0 Å². The van der Waals surface area contributed by atoms with Crippen molar-refractivity contribution in [3.63, 3.8) is 0 Å². The highest BCUT2D eigenvalue weighted by molar-refractivity contribution is 5.76. The van der Waals surface area contributed by atoms with E-state index >= 15 is 0 Å². The Morgan fingerprint density at radius 1 is 1.32 bits per heavy atom. The normalized spacial score (nSPS) is 23.4. The zero-order valence-electron chi connectivity index (χ0n) is 12.9. The van der Waals surface area contributed by atoms with Crippen LogP contribution < -0.4 is 0 Å².